The monoisotopic (exact) mass is 150 g/mol. The van der Waals surface area contributed by atoms with Gasteiger partial charge < -0.3 is 0 Å². The Labute approximate surface area is 67.4 Å². The molecule has 0 saturated heterocycles. The smallest absolute Gasteiger partial charge is 0.0623 e. The minimum atomic E-state index is 0.694. The summed E-state index contributed by atoms with van der Waals surface area (Å²) in [6.07, 6.45) is 4.63. The van der Waals surface area contributed by atoms with Gasteiger partial charge in [0.25, 0.3) is 0 Å². The molecular weight excluding hydrogens is 140 g/mol. The lowest BCUT2D eigenvalue weighted by molar-refractivity contribution is 1.23. The zero-order valence-electron chi connectivity index (χ0n) is 6.02. The van der Waals surface area contributed by atoms with Crippen molar-refractivity contribution in [2.75, 3.05) is 0 Å². The summed E-state index contributed by atoms with van der Waals surface area (Å²) in [6.45, 7) is 5.41. The zero-order valence-corrected chi connectivity index (χ0v) is 6.91. The van der Waals surface area contributed by atoms with Crippen LogP contribution in [-0.2, 0) is 0 Å². The first-order valence-electron chi connectivity index (χ1n) is 3.06. The number of rotatable bonds is 2. The van der Waals surface area contributed by atoms with E-state index in [0.29, 0.717) is 4.91 Å². The van der Waals surface area contributed by atoms with Crippen molar-refractivity contribution in [3.63, 3.8) is 0 Å². The SMILES string of the molecule is C=C=C=C(S)C=C=CCC. The van der Waals surface area contributed by atoms with Crippen LogP contribution < -0.4 is 0 Å². The highest BCUT2D eigenvalue weighted by molar-refractivity contribution is 7.84. The Morgan fingerprint density at radius 2 is 2.40 bits per heavy atom. The molecule has 0 aromatic heterocycles. The number of hydrogen-bond acceptors (Lipinski definition) is 1. The summed E-state index contributed by atoms with van der Waals surface area (Å²) < 4.78 is 0. The predicted octanol–water partition coefficient (Wildman–Crippen LogP) is 2.86. The molecule has 0 spiro atoms. The molecular formula is C9H10S. The fourth-order valence-corrected chi connectivity index (χ4v) is 0.536. The van der Waals surface area contributed by atoms with E-state index in [0.717, 1.165) is 6.42 Å². The van der Waals surface area contributed by atoms with Crippen LogP contribution in [0.15, 0.2) is 40.8 Å². The summed E-state index contributed by atoms with van der Waals surface area (Å²) >= 11 is 4.05. The van der Waals surface area contributed by atoms with Gasteiger partial charge in [0.1, 0.15) is 0 Å². The summed E-state index contributed by atoms with van der Waals surface area (Å²) in [4.78, 5) is 0.694. The molecule has 0 unspecified atom stereocenters. The molecule has 1 heteroatoms. The first-order chi connectivity index (χ1) is 4.81. The largest absolute Gasteiger partial charge is 0.134 e. The molecule has 0 aromatic carbocycles. The topological polar surface area (TPSA) is 0 Å². The van der Waals surface area contributed by atoms with Crippen LogP contribution in [0.4, 0.5) is 0 Å². The van der Waals surface area contributed by atoms with Crippen molar-refractivity contribution in [2.45, 2.75) is 13.3 Å². The van der Waals surface area contributed by atoms with Crippen molar-refractivity contribution < 1.29 is 0 Å². The number of thiol groups is 1. The van der Waals surface area contributed by atoms with Crippen molar-refractivity contribution in [2.24, 2.45) is 0 Å². The molecule has 0 aromatic rings. The average Bonchev–Trinajstić information content (AvgIpc) is 1.89. The van der Waals surface area contributed by atoms with E-state index in [1.165, 1.54) is 0 Å². The Hall–Kier alpha value is -0.830. The van der Waals surface area contributed by atoms with Crippen LogP contribution in [0.25, 0.3) is 0 Å². The summed E-state index contributed by atoms with van der Waals surface area (Å²) in [5.74, 6) is 0. The second kappa shape index (κ2) is 6.29. The van der Waals surface area contributed by atoms with E-state index in [-0.39, 0.29) is 0 Å². The predicted molar refractivity (Wildman–Crippen MR) is 48.1 cm³/mol. The molecule has 0 saturated carbocycles. The van der Waals surface area contributed by atoms with Crippen molar-refractivity contribution in [1.82, 2.24) is 0 Å². The summed E-state index contributed by atoms with van der Waals surface area (Å²) in [6, 6.07) is 0. The van der Waals surface area contributed by atoms with Gasteiger partial charge in [0.2, 0.25) is 0 Å². The zero-order chi connectivity index (χ0) is 7.82. The minimum absolute atomic E-state index is 0.694. The second-order valence-electron chi connectivity index (χ2n) is 1.61. The van der Waals surface area contributed by atoms with Crippen LogP contribution >= 0.6 is 12.6 Å². The molecule has 52 valence electrons. The maximum Gasteiger partial charge on any atom is 0.0623 e. The summed E-state index contributed by atoms with van der Waals surface area (Å²) in [5.41, 5.74) is 8.11. The van der Waals surface area contributed by atoms with E-state index in [1.54, 1.807) is 6.08 Å². The molecule has 10 heavy (non-hydrogen) atoms. The Balaban J connectivity index is 4.30. The Kier molecular flexibility index (Phi) is 5.77. The maximum atomic E-state index is 4.05. The molecule has 0 bridgehead atoms. The molecule has 0 fully saturated rings. The van der Waals surface area contributed by atoms with E-state index >= 15 is 0 Å². The lowest BCUT2D eigenvalue weighted by Crippen LogP contribution is -1.52. The van der Waals surface area contributed by atoms with E-state index in [2.05, 4.69) is 36.4 Å². The van der Waals surface area contributed by atoms with E-state index in [1.807, 2.05) is 13.0 Å². The fraction of sp³-hybridized carbons (Fsp3) is 0.222. The third-order valence-electron chi connectivity index (χ3n) is 0.758. The average molecular weight is 150 g/mol. The molecule has 0 aliphatic heterocycles. The molecule has 0 aliphatic carbocycles. The minimum Gasteiger partial charge on any atom is -0.134 e. The molecule has 0 atom stereocenters. The van der Waals surface area contributed by atoms with E-state index < -0.39 is 0 Å². The number of allylic oxidation sites excluding steroid dienone is 1. The van der Waals surface area contributed by atoms with Gasteiger partial charge in [-0.2, -0.15) is 0 Å². The third-order valence-corrected chi connectivity index (χ3v) is 0.999. The number of hydrogen-bond donors (Lipinski definition) is 1. The lowest BCUT2D eigenvalue weighted by Gasteiger charge is -1.74. The van der Waals surface area contributed by atoms with Gasteiger partial charge in [-0.05, 0) is 19.1 Å². The maximum absolute atomic E-state index is 4.05. The highest BCUT2D eigenvalue weighted by Gasteiger charge is 1.72. The van der Waals surface area contributed by atoms with Crippen molar-refractivity contribution >= 4 is 12.6 Å². The van der Waals surface area contributed by atoms with Gasteiger partial charge in [-0.15, -0.1) is 18.4 Å². The van der Waals surface area contributed by atoms with Gasteiger partial charge in [0.15, 0.2) is 0 Å². The summed E-state index contributed by atoms with van der Waals surface area (Å²) in [7, 11) is 0. The lowest BCUT2D eigenvalue weighted by atomic mass is 10.4. The molecule has 0 amide bonds. The van der Waals surface area contributed by atoms with Crippen LogP contribution in [0.1, 0.15) is 13.3 Å². The van der Waals surface area contributed by atoms with Gasteiger partial charge >= 0.3 is 0 Å². The molecule has 0 rings (SSSR count). The standard InChI is InChI=1S/C9H10S/c1-3-5-6-8-9(10)7-4-2/h5,8,10H,2-3H2,1H3. The van der Waals surface area contributed by atoms with Gasteiger partial charge in [0, 0.05) is 6.08 Å². The molecule has 0 nitrogen and oxygen atoms in total. The third kappa shape index (κ3) is 5.31. The Bertz CT molecular complexity index is 229. The van der Waals surface area contributed by atoms with Crippen LogP contribution in [-0.4, -0.2) is 0 Å². The highest BCUT2D eigenvalue weighted by Crippen LogP contribution is 1.96. The Morgan fingerprint density at radius 3 is 2.90 bits per heavy atom. The van der Waals surface area contributed by atoms with Crippen LogP contribution in [0.3, 0.4) is 0 Å². The van der Waals surface area contributed by atoms with E-state index in [9.17, 15) is 0 Å². The Morgan fingerprint density at radius 1 is 1.70 bits per heavy atom. The molecule has 0 heterocycles. The quantitative estimate of drug-likeness (QED) is 0.349. The van der Waals surface area contributed by atoms with Gasteiger partial charge in [-0.25, -0.2) is 0 Å². The summed E-state index contributed by atoms with van der Waals surface area (Å²) in [5, 5.41) is 0. The fourth-order valence-electron chi connectivity index (χ4n) is 0.382. The van der Waals surface area contributed by atoms with Gasteiger partial charge in [-0.3, -0.25) is 0 Å². The van der Waals surface area contributed by atoms with Crippen molar-refractivity contribution in [1.29, 1.82) is 0 Å². The van der Waals surface area contributed by atoms with Gasteiger partial charge in [-0.1, -0.05) is 18.4 Å². The van der Waals surface area contributed by atoms with Crippen LogP contribution in [0, 0.1) is 0 Å². The first-order valence-corrected chi connectivity index (χ1v) is 3.51. The molecule has 0 N–H and O–H groups in total. The van der Waals surface area contributed by atoms with Crippen LogP contribution in [0.2, 0.25) is 0 Å². The first kappa shape index (κ1) is 9.17. The van der Waals surface area contributed by atoms with Crippen LogP contribution in [0.5, 0.6) is 0 Å². The normalized spacial score (nSPS) is 6.60. The van der Waals surface area contributed by atoms with Crippen molar-refractivity contribution in [3.05, 3.63) is 40.8 Å². The highest BCUT2D eigenvalue weighted by atomic mass is 32.1. The second-order valence-corrected chi connectivity index (χ2v) is 2.09. The molecule has 0 aliphatic rings. The molecule has 0 radical (unpaired) electrons. The van der Waals surface area contributed by atoms with E-state index in [4.69, 9.17) is 0 Å². The van der Waals surface area contributed by atoms with Gasteiger partial charge in [0.05, 0.1) is 4.91 Å². The van der Waals surface area contributed by atoms with Crippen molar-refractivity contribution in [3.8, 4) is 0 Å².